The van der Waals surface area contributed by atoms with Gasteiger partial charge in [-0.2, -0.15) is 0 Å². The van der Waals surface area contributed by atoms with Crippen LogP contribution < -0.4 is 0 Å². The van der Waals surface area contributed by atoms with Gasteiger partial charge in [-0.1, -0.05) is 147 Å². The maximum Gasteiger partial charge on any atom is 0.164 e. The van der Waals surface area contributed by atoms with Crippen molar-refractivity contribution in [1.29, 1.82) is 0 Å². The number of benzene rings is 8. The monoisotopic (exact) mass is 756 g/mol. The Morgan fingerprint density at radius 2 is 1.07 bits per heavy atom. The lowest BCUT2D eigenvalue weighted by Gasteiger charge is -2.21. The predicted molar refractivity (Wildman–Crippen MR) is 241 cm³/mol. The Morgan fingerprint density at radius 3 is 1.92 bits per heavy atom. The number of rotatable bonds is 5. The first-order chi connectivity index (χ1) is 29.0. The summed E-state index contributed by atoms with van der Waals surface area (Å²) in [5, 5.41) is 4.45. The van der Waals surface area contributed by atoms with Crippen molar-refractivity contribution in [1.82, 2.24) is 19.5 Å². The smallest absolute Gasteiger partial charge is 0.164 e. The molecule has 59 heavy (non-hydrogen) atoms. The van der Waals surface area contributed by atoms with Crippen molar-refractivity contribution in [2.75, 3.05) is 0 Å². The first kappa shape index (κ1) is 33.5. The number of hydrogen-bond donors (Lipinski definition) is 0. The highest BCUT2D eigenvalue weighted by Crippen LogP contribution is 2.51. The van der Waals surface area contributed by atoms with Crippen molar-refractivity contribution in [2.45, 2.75) is 19.3 Å². The average molecular weight is 757 g/mol. The molecule has 11 aromatic rings. The Bertz CT molecular complexity index is 3470. The van der Waals surface area contributed by atoms with Gasteiger partial charge >= 0.3 is 0 Å². The number of hydrogen-bond acceptors (Lipinski definition) is 4. The zero-order valence-electron chi connectivity index (χ0n) is 32.5. The summed E-state index contributed by atoms with van der Waals surface area (Å²) in [4.78, 5) is 15.4. The highest BCUT2D eigenvalue weighted by atomic mass is 16.3. The lowest BCUT2D eigenvalue weighted by atomic mass is 9.82. The molecule has 0 amide bonds. The van der Waals surface area contributed by atoms with Gasteiger partial charge in [0, 0.05) is 55.4 Å². The van der Waals surface area contributed by atoms with Crippen LogP contribution in [0.2, 0.25) is 0 Å². The van der Waals surface area contributed by atoms with Crippen LogP contribution in [0.25, 0.3) is 106 Å². The highest BCUT2D eigenvalue weighted by molar-refractivity contribution is 6.14. The van der Waals surface area contributed by atoms with E-state index in [4.69, 9.17) is 19.4 Å². The summed E-state index contributed by atoms with van der Waals surface area (Å²) in [6, 6.07) is 64.1. The van der Waals surface area contributed by atoms with Crippen LogP contribution in [0.1, 0.15) is 25.0 Å². The molecule has 12 rings (SSSR count). The fourth-order valence-corrected chi connectivity index (χ4v) is 9.39. The molecule has 1 aliphatic carbocycles. The Morgan fingerprint density at radius 1 is 0.407 bits per heavy atom. The zero-order chi connectivity index (χ0) is 39.2. The summed E-state index contributed by atoms with van der Waals surface area (Å²) in [6.07, 6.45) is 0. The molecule has 0 fully saturated rings. The van der Waals surface area contributed by atoms with Crippen LogP contribution in [0.15, 0.2) is 186 Å². The molecule has 0 atom stereocenters. The lowest BCUT2D eigenvalue weighted by Crippen LogP contribution is -2.14. The normalized spacial score (nSPS) is 13.1. The third-order valence-corrected chi connectivity index (χ3v) is 12.3. The molecule has 278 valence electrons. The Labute approximate surface area is 340 Å². The molecular formula is C54H36N4O. The molecule has 5 nitrogen and oxygen atoms in total. The van der Waals surface area contributed by atoms with Gasteiger partial charge in [0.15, 0.2) is 17.5 Å². The van der Waals surface area contributed by atoms with Crippen molar-refractivity contribution in [2.24, 2.45) is 0 Å². The summed E-state index contributed by atoms with van der Waals surface area (Å²) in [5.41, 5.74) is 15.2. The molecule has 0 spiro atoms. The average Bonchev–Trinajstić information content (AvgIpc) is 3.91. The van der Waals surface area contributed by atoms with Crippen molar-refractivity contribution in [3.05, 3.63) is 193 Å². The second kappa shape index (κ2) is 12.7. The van der Waals surface area contributed by atoms with Gasteiger partial charge in [-0.3, -0.25) is 0 Å². The number of para-hydroxylation sites is 1. The van der Waals surface area contributed by atoms with E-state index in [0.29, 0.717) is 17.5 Å². The van der Waals surface area contributed by atoms with Crippen LogP contribution in [0.5, 0.6) is 0 Å². The fourth-order valence-electron chi connectivity index (χ4n) is 9.39. The van der Waals surface area contributed by atoms with Gasteiger partial charge in [0.05, 0.1) is 11.0 Å². The highest BCUT2D eigenvalue weighted by Gasteiger charge is 2.36. The number of aromatic nitrogens is 4. The minimum absolute atomic E-state index is 0.111. The molecule has 0 aliphatic heterocycles. The molecule has 0 radical (unpaired) electrons. The van der Waals surface area contributed by atoms with Crippen molar-refractivity contribution in [3.8, 4) is 62.1 Å². The minimum atomic E-state index is -0.111. The van der Waals surface area contributed by atoms with Gasteiger partial charge in [-0.05, 0) is 75.8 Å². The number of nitrogens with zero attached hydrogens (tertiary/aromatic N) is 4. The summed E-state index contributed by atoms with van der Waals surface area (Å²) in [5.74, 6) is 1.82. The molecule has 3 aromatic heterocycles. The fraction of sp³-hybridized carbons (Fsp3) is 0.0556. The van der Waals surface area contributed by atoms with Gasteiger partial charge in [0.2, 0.25) is 0 Å². The Balaban J connectivity index is 1.04. The third-order valence-electron chi connectivity index (χ3n) is 12.3. The quantitative estimate of drug-likeness (QED) is 0.175. The maximum atomic E-state index is 6.74. The van der Waals surface area contributed by atoms with Gasteiger partial charge in [0.25, 0.3) is 0 Å². The standard InChI is InChI=1S/C54H36N4O/c1-54(2)44-24-11-9-21-38(44)42-31-43-39-22-10-12-25-46(39)58(47(43)32-45(42)54)37-27-28-40-49(30-37)59-48-26-14-23-41(50(40)48)53-56-51(34-17-7-4-8-18-34)55-52(57-53)36-20-13-19-35(29-36)33-15-5-3-6-16-33/h3-32H,1-2H3. The largest absolute Gasteiger partial charge is 0.456 e. The van der Waals surface area contributed by atoms with Crippen LogP contribution in [-0.4, -0.2) is 19.5 Å². The van der Waals surface area contributed by atoms with Gasteiger partial charge in [-0.15, -0.1) is 0 Å². The SMILES string of the molecule is CC1(C)c2ccccc2-c2cc3c4ccccc4n(-c4ccc5c(c4)oc4cccc(-c6nc(-c7ccccc7)nc(-c7cccc(-c8ccccc8)c7)n6)c45)c3cc21. The van der Waals surface area contributed by atoms with E-state index < -0.39 is 0 Å². The summed E-state index contributed by atoms with van der Waals surface area (Å²) >= 11 is 0. The summed E-state index contributed by atoms with van der Waals surface area (Å²) in [7, 11) is 0. The summed E-state index contributed by atoms with van der Waals surface area (Å²) in [6.45, 7) is 4.68. The minimum Gasteiger partial charge on any atom is -0.456 e. The van der Waals surface area contributed by atoms with Crippen LogP contribution in [0, 0.1) is 0 Å². The second-order valence-electron chi connectivity index (χ2n) is 16.0. The first-order valence-electron chi connectivity index (χ1n) is 20.1. The van der Waals surface area contributed by atoms with E-state index in [-0.39, 0.29) is 5.41 Å². The van der Waals surface area contributed by atoms with Gasteiger partial charge in [0.1, 0.15) is 11.2 Å². The zero-order valence-corrected chi connectivity index (χ0v) is 32.5. The molecule has 1 aliphatic rings. The van der Waals surface area contributed by atoms with E-state index in [2.05, 4.69) is 152 Å². The Kier molecular flexibility index (Phi) is 7.20. The van der Waals surface area contributed by atoms with Crippen LogP contribution in [0.4, 0.5) is 0 Å². The number of furan rings is 1. The van der Waals surface area contributed by atoms with E-state index in [1.807, 2.05) is 48.5 Å². The van der Waals surface area contributed by atoms with Crippen LogP contribution in [0.3, 0.4) is 0 Å². The topological polar surface area (TPSA) is 56.7 Å². The second-order valence-corrected chi connectivity index (χ2v) is 16.0. The van der Waals surface area contributed by atoms with Crippen LogP contribution >= 0.6 is 0 Å². The molecule has 0 bridgehead atoms. The lowest BCUT2D eigenvalue weighted by molar-refractivity contribution is 0.661. The Hall–Kier alpha value is -7.63. The molecule has 0 saturated carbocycles. The van der Waals surface area contributed by atoms with E-state index in [1.165, 1.54) is 38.5 Å². The van der Waals surface area contributed by atoms with E-state index in [9.17, 15) is 0 Å². The van der Waals surface area contributed by atoms with Crippen molar-refractivity contribution in [3.63, 3.8) is 0 Å². The number of fused-ring (bicyclic) bond motifs is 9. The van der Waals surface area contributed by atoms with Crippen LogP contribution in [-0.2, 0) is 5.41 Å². The molecular weight excluding hydrogens is 721 g/mol. The molecule has 3 heterocycles. The predicted octanol–water partition coefficient (Wildman–Crippen LogP) is 13.8. The first-order valence-corrected chi connectivity index (χ1v) is 20.1. The van der Waals surface area contributed by atoms with E-state index in [1.54, 1.807) is 0 Å². The van der Waals surface area contributed by atoms with E-state index in [0.717, 1.165) is 61.0 Å². The van der Waals surface area contributed by atoms with Crippen molar-refractivity contribution < 1.29 is 4.42 Å². The molecule has 0 saturated heterocycles. The van der Waals surface area contributed by atoms with Gasteiger partial charge in [-0.25, -0.2) is 15.0 Å². The molecule has 5 heteroatoms. The summed E-state index contributed by atoms with van der Waals surface area (Å²) < 4.78 is 9.13. The maximum absolute atomic E-state index is 6.74. The van der Waals surface area contributed by atoms with Gasteiger partial charge < -0.3 is 8.98 Å². The third kappa shape index (κ3) is 5.14. The molecule has 0 N–H and O–H groups in total. The van der Waals surface area contributed by atoms with E-state index >= 15 is 0 Å². The molecule has 0 unspecified atom stereocenters. The van der Waals surface area contributed by atoms with Crippen molar-refractivity contribution >= 4 is 43.7 Å². The molecule has 8 aromatic carbocycles.